The second kappa shape index (κ2) is 9.77. The minimum Gasteiger partial charge on any atom is -0.395 e. The van der Waals surface area contributed by atoms with E-state index in [0.29, 0.717) is 35.2 Å². The van der Waals surface area contributed by atoms with Crippen molar-refractivity contribution in [2.24, 2.45) is 11.8 Å². The van der Waals surface area contributed by atoms with Crippen molar-refractivity contribution in [1.82, 2.24) is 14.9 Å². The summed E-state index contributed by atoms with van der Waals surface area (Å²) in [6.07, 6.45) is 4.22. The molecule has 2 aliphatic heterocycles. The molecule has 162 valence electrons. The monoisotopic (exact) mass is 497 g/mol. The quantitative estimate of drug-likeness (QED) is 0.606. The van der Waals surface area contributed by atoms with E-state index in [-0.39, 0.29) is 12.4 Å². The summed E-state index contributed by atoms with van der Waals surface area (Å²) in [5.74, 6) is 2.38. The normalized spacial score (nSPS) is 20.3. The molecule has 4 rings (SSSR count). The van der Waals surface area contributed by atoms with Crippen molar-refractivity contribution in [3.63, 3.8) is 0 Å². The number of halogens is 3. The number of piperidine rings is 1. The third-order valence-electron chi connectivity index (χ3n) is 6.01. The Morgan fingerprint density at radius 2 is 2.10 bits per heavy atom. The second-order valence-corrected chi connectivity index (χ2v) is 9.31. The summed E-state index contributed by atoms with van der Waals surface area (Å²) in [5, 5.41) is 12.9. The predicted molar refractivity (Wildman–Crippen MR) is 120 cm³/mol. The summed E-state index contributed by atoms with van der Waals surface area (Å²) < 4.78 is 14.0. The van der Waals surface area contributed by atoms with Crippen LogP contribution >= 0.6 is 27.5 Å². The van der Waals surface area contributed by atoms with E-state index in [1.807, 2.05) is 0 Å². The van der Waals surface area contributed by atoms with Crippen LogP contribution < -0.4 is 10.2 Å². The number of aliphatic hydroxyl groups excluding tert-OH is 1. The van der Waals surface area contributed by atoms with Crippen LogP contribution in [0.2, 0.25) is 5.02 Å². The van der Waals surface area contributed by atoms with Crippen molar-refractivity contribution in [3.05, 3.63) is 45.3 Å². The molecule has 2 fully saturated rings. The van der Waals surface area contributed by atoms with Crippen LogP contribution in [0.1, 0.15) is 18.4 Å². The number of nitrogens with one attached hydrogen (secondary N) is 1. The van der Waals surface area contributed by atoms with E-state index < -0.39 is 0 Å². The van der Waals surface area contributed by atoms with Gasteiger partial charge in [-0.2, -0.15) is 4.98 Å². The molecule has 3 heterocycles. The summed E-state index contributed by atoms with van der Waals surface area (Å²) >= 11 is 9.61. The Bertz CT molecular complexity index is 880. The number of hydrogen-bond acceptors (Lipinski definition) is 6. The highest BCUT2D eigenvalue weighted by atomic mass is 79.9. The number of likely N-dealkylation sites (tertiary alicyclic amines) is 1. The average Bonchev–Trinajstić information content (AvgIpc) is 2.69. The van der Waals surface area contributed by atoms with E-state index in [1.54, 1.807) is 12.3 Å². The molecule has 30 heavy (non-hydrogen) atoms. The zero-order valence-corrected chi connectivity index (χ0v) is 19.0. The minimum absolute atomic E-state index is 0.231. The van der Waals surface area contributed by atoms with Gasteiger partial charge in [0.2, 0.25) is 5.95 Å². The highest BCUT2D eigenvalue weighted by molar-refractivity contribution is 9.10. The maximum absolute atomic E-state index is 13.2. The molecule has 2 aliphatic rings. The Morgan fingerprint density at radius 3 is 2.87 bits per heavy atom. The number of anilines is 2. The Kier molecular flexibility index (Phi) is 7.08. The Hall–Kier alpha value is -1.48. The number of rotatable bonds is 7. The van der Waals surface area contributed by atoms with Gasteiger partial charge in [0.1, 0.15) is 11.6 Å². The number of benzene rings is 1. The minimum atomic E-state index is -0.348. The lowest BCUT2D eigenvalue weighted by Crippen LogP contribution is -2.54. The van der Waals surface area contributed by atoms with Gasteiger partial charge >= 0.3 is 0 Å². The molecule has 2 aromatic rings. The third kappa shape index (κ3) is 5.04. The Morgan fingerprint density at radius 1 is 1.27 bits per heavy atom. The van der Waals surface area contributed by atoms with Gasteiger partial charge in [-0.05, 0) is 64.8 Å². The number of aromatic nitrogens is 2. The summed E-state index contributed by atoms with van der Waals surface area (Å²) in [7, 11) is 0. The lowest BCUT2D eigenvalue weighted by atomic mass is 9.81. The van der Waals surface area contributed by atoms with Crippen LogP contribution in [0.4, 0.5) is 16.2 Å². The molecule has 1 aromatic carbocycles. The summed E-state index contributed by atoms with van der Waals surface area (Å²) in [6.45, 7) is 5.54. The highest BCUT2D eigenvalue weighted by Crippen LogP contribution is 2.33. The van der Waals surface area contributed by atoms with Gasteiger partial charge in [0, 0.05) is 43.9 Å². The highest BCUT2D eigenvalue weighted by Gasteiger charge is 2.36. The molecule has 1 aromatic heterocycles. The summed E-state index contributed by atoms with van der Waals surface area (Å²) in [6, 6.07) is 4.38. The van der Waals surface area contributed by atoms with Crippen molar-refractivity contribution in [2.45, 2.75) is 19.4 Å². The molecule has 6 nitrogen and oxygen atoms in total. The maximum Gasteiger partial charge on any atom is 0.227 e. The van der Waals surface area contributed by atoms with Gasteiger partial charge < -0.3 is 20.2 Å². The summed E-state index contributed by atoms with van der Waals surface area (Å²) in [5.41, 5.74) is 0.805. The van der Waals surface area contributed by atoms with Gasteiger partial charge in [0.05, 0.1) is 11.1 Å². The van der Waals surface area contributed by atoms with Crippen LogP contribution in [0, 0.1) is 17.7 Å². The molecule has 0 aliphatic carbocycles. The second-order valence-electron chi connectivity index (χ2n) is 8.05. The number of β-amino-alcohol motifs (C(OH)–C–C–N with tert-alkyl or cyclic N) is 1. The number of nitrogens with zero attached hydrogens (tertiary/aromatic N) is 4. The fourth-order valence-corrected chi connectivity index (χ4v) is 4.84. The predicted octanol–water partition coefficient (Wildman–Crippen LogP) is 3.78. The first kappa shape index (κ1) is 21.7. The fourth-order valence-electron chi connectivity index (χ4n) is 4.27. The smallest absolute Gasteiger partial charge is 0.227 e. The average molecular weight is 499 g/mol. The molecule has 2 N–H and O–H groups in total. The molecule has 2 saturated heterocycles. The van der Waals surface area contributed by atoms with Crippen molar-refractivity contribution in [2.75, 3.05) is 49.5 Å². The number of aliphatic hydroxyl groups is 1. The largest absolute Gasteiger partial charge is 0.395 e. The van der Waals surface area contributed by atoms with Gasteiger partial charge in [0.25, 0.3) is 0 Å². The maximum atomic E-state index is 13.2. The van der Waals surface area contributed by atoms with Crippen molar-refractivity contribution in [3.8, 4) is 0 Å². The zero-order valence-electron chi connectivity index (χ0n) is 16.7. The van der Waals surface area contributed by atoms with Crippen molar-refractivity contribution in [1.29, 1.82) is 0 Å². The Labute approximate surface area is 189 Å². The molecule has 0 radical (unpaired) electrons. The SMILES string of the molecule is OCCN1CCCC(C2CN(c3ncc(Br)c(NCc4ccc(F)cc4Cl)n3)C2)C1. The van der Waals surface area contributed by atoms with Crippen LogP contribution in [0.25, 0.3) is 0 Å². The van der Waals surface area contributed by atoms with Crippen molar-refractivity contribution < 1.29 is 9.50 Å². The van der Waals surface area contributed by atoms with E-state index in [1.165, 1.54) is 25.0 Å². The number of hydrogen-bond donors (Lipinski definition) is 2. The van der Waals surface area contributed by atoms with Crippen LogP contribution in [-0.4, -0.2) is 59.3 Å². The van der Waals surface area contributed by atoms with Crippen LogP contribution in [0.15, 0.2) is 28.9 Å². The van der Waals surface area contributed by atoms with Crippen molar-refractivity contribution >= 4 is 39.3 Å². The lowest BCUT2D eigenvalue weighted by Gasteiger charge is -2.46. The Balaban J connectivity index is 1.35. The molecule has 0 amide bonds. The fraction of sp³-hybridized carbons (Fsp3) is 0.524. The first-order chi connectivity index (χ1) is 14.5. The summed E-state index contributed by atoms with van der Waals surface area (Å²) in [4.78, 5) is 13.7. The third-order valence-corrected chi connectivity index (χ3v) is 6.94. The molecule has 1 unspecified atom stereocenters. The van der Waals surface area contributed by atoms with E-state index in [4.69, 9.17) is 11.6 Å². The van der Waals surface area contributed by atoms with Gasteiger partial charge in [-0.15, -0.1) is 0 Å². The van der Waals surface area contributed by atoms with Gasteiger partial charge in [0.15, 0.2) is 0 Å². The van der Waals surface area contributed by atoms with Crippen LogP contribution in [0.5, 0.6) is 0 Å². The first-order valence-corrected chi connectivity index (χ1v) is 11.5. The van der Waals surface area contributed by atoms with Gasteiger partial charge in [-0.1, -0.05) is 17.7 Å². The topological polar surface area (TPSA) is 64.5 Å². The molecule has 0 bridgehead atoms. The van der Waals surface area contributed by atoms with Crippen LogP contribution in [0.3, 0.4) is 0 Å². The molecule has 0 saturated carbocycles. The molecule has 0 spiro atoms. The molecular weight excluding hydrogens is 473 g/mol. The van der Waals surface area contributed by atoms with E-state index >= 15 is 0 Å². The first-order valence-electron chi connectivity index (χ1n) is 10.3. The molecule has 9 heteroatoms. The molecular formula is C21H26BrClFN5O. The van der Waals surface area contributed by atoms with Gasteiger partial charge in [-0.3, -0.25) is 0 Å². The zero-order chi connectivity index (χ0) is 21.1. The van der Waals surface area contributed by atoms with Gasteiger partial charge in [-0.25, -0.2) is 9.37 Å². The standard InChI is InChI=1S/C21H26BrClFN5O/c22-18-10-26-21(27-20(18)25-9-14-3-4-17(24)8-19(14)23)29-12-16(13-29)15-2-1-5-28(11-15)6-7-30/h3-4,8,10,15-16,30H,1-2,5-7,9,11-13H2,(H,25,26,27). The van der Waals surface area contributed by atoms with E-state index in [2.05, 4.69) is 41.0 Å². The van der Waals surface area contributed by atoms with E-state index in [9.17, 15) is 9.50 Å². The van der Waals surface area contributed by atoms with Crippen LogP contribution in [-0.2, 0) is 6.54 Å². The van der Waals surface area contributed by atoms with E-state index in [0.717, 1.165) is 42.8 Å². The lowest BCUT2D eigenvalue weighted by molar-refractivity contribution is 0.101. The molecule has 1 atom stereocenters.